The maximum Gasteiger partial charge on any atom is 0.306 e. The number of hydrogen-bond donors (Lipinski definition) is 0. The molecule has 8 nitrogen and oxygen atoms in total. The number of benzene rings is 1. The van der Waals surface area contributed by atoms with Crippen molar-refractivity contribution in [2.45, 2.75) is 23.5 Å². The summed E-state index contributed by atoms with van der Waals surface area (Å²) in [5.74, 6) is 0.183. The number of anilines is 1. The third-order valence-corrected chi connectivity index (χ3v) is 9.44. The minimum absolute atomic E-state index is 0.00699. The summed E-state index contributed by atoms with van der Waals surface area (Å²) >= 11 is 1.20. The van der Waals surface area contributed by atoms with E-state index in [0.29, 0.717) is 48.8 Å². The number of rotatable bonds is 5. The molecule has 2 saturated heterocycles. The van der Waals surface area contributed by atoms with Gasteiger partial charge in [0.1, 0.15) is 9.96 Å². The van der Waals surface area contributed by atoms with Gasteiger partial charge in [-0.25, -0.2) is 8.42 Å². The lowest BCUT2D eigenvalue weighted by molar-refractivity contribution is -0.127. The van der Waals surface area contributed by atoms with Crippen LogP contribution in [0.4, 0.5) is 5.69 Å². The largest absolute Gasteiger partial charge is 0.383 e. The average molecular weight is 471 g/mol. The molecule has 1 spiro atoms. The second kappa shape index (κ2) is 7.63. The predicted octanol–water partition coefficient (Wildman–Crippen LogP) is 2.29. The summed E-state index contributed by atoms with van der Waals surface area (Å²) in [5.41, 5.74) is 0.120. The second-order valence-electron chi connectivity index (χ2n) is 7.60. The molecule has 2 aliphatic heterocycles. The molecule has 0 radical (unpaired) electrons. The summed E-state index contributed by atoms with van der Waals surface area (Å²) in [5, 5.41) is 1.74. The standard InChI is InChI=1S/C19H22N2O6S3/c1-29(23,24)27-16-6-4-15(5-7-16)21-13-10-19(18(21)22)8-11-20(12-9-19)30(25,26)17-3-2-14-28-17/h2-7,14H,8-13H2,1H3. The Balaban J connectivity index is 1.45. The lowest BCUT2D eigenvalue weighted by Crippen LogP contribution is -2.46. The molecule has 2 aliphatic rings. The van der Waals surface area contributed by atoms with Crippen LogP contribution < -0.4 is 9.08 Å². The van der Waals surface area contributed by atoms with Crippen LogP contribution in [0, 0.1) is 5.41 Å². The molecule has 1 aromatic carbocycles. The predicted molar refractivity (Wildman–Crippen MR) is 114 cm³/mol. The SMILES string of the molecule is CS(=O)(=O)Oc1ccc(N2CCC3(CCN(S(=O)(=O)c4cccs4)CC3)C2=O)cc1. The molecule has 1 amide bonds. The van der Waals surface area contributed by atoms with Gasteiger partial charge in [-0.3, -0.25) is 4.79 Å². The Morgan fingerprint density at radius 3 is 2.17 bits per heavy atom. The summed E-state index contributed by atoms with van der Waals surface area (Å²) in [6.07, 6.45) is 2.62. The van der Waals surface area contributed by atoms with E-state index in [-0.39, 0.29) is 11.7 Å². The Labute approximate surface area is 180 Å². The van der Waals surface area contributed by atoms with Crippen molar-refractivity contribution in [3.05, 3.63) is 41.8 Å². The Morgan fingerprint density at radius 2 is 1.60 bits per heavy atom. The second-order valence-corrected chi connectivity index (χ2v) is 12.3. The first-order valence-electron chi connectivity index (χ1n) is 9.46. The van der Waals surface area contributed by atoms with Crippen LogP contribution in [0.2, 0.25) is 0 Å². The highest BCUT2D eigenvalue weighted by Crippen LogP contribution is 2.44. The number of carbonyl (C=O) groups excluding carboxylic acids is 1. The number of thiophene rings is 1. The molecule has 11 heteroatoms. The molecule has 3 heterocycles. The van der Waals surface area contributed by atoms with Crippen LogP contribution in [-0.2, 0) is 24.9 Å². The van der Waals surface area contributed by atoms with E-state index in [9.17, 15) is 21.6 Å². The van der Waals surface area contributed by atoms with Gasteiger partial charge in [0.2, 0.25) is 5.91 Å². The minimum atomic E-state index is -3.61. The Bertz CT molecular complexity index is 1130. The Kier molecular flexibility index (Phi) is 5.41. The maximum absolute atomic E-state index is 13.2. The highest BCUT2D eigenvalue weighted by atomic mass is 32.2. The lowest BCUT2D eigenvalue weighted by atomic mass is 9.77. The quantitative estimate of drug-likeness (QED) is 0.622. The molecular weight excluding hydrogens is 448 g/mol. The van der Waals surface area contributed by atoms with E-state index in [2.05, 4.69) is 0 Å². The number of nitrogens with zero attached hydrogens (tertiary/aromatic N) is 2. The fourth-order valence-electron chi connectivity index (χ4n) is 4.08. The van der Waals surface area contributed by atoms with E-state index in [0.717, 1.165) is 6.26 Å². The van der Waals surface area contributed by atoms with Crippen molar-refractivity contribution < 1.29 is 25.8 Å². The molecule has 0 saturated carbocycles. The normalized spacial score (nSPS) is 20.0. The molecule has 0 unspecified atom stereocenters. The van der Waals surface area contributed by atoms with E-state index < -0.39 is 25.6 Å². The van der Waals surface area contributed by atoms with Gasteiger partial charge in [-0.2, -0.15) is 12.7 Å². The van der Waals surface area contributed by atoms with E-state index in [1.54, 1.807) is 34.5 Å². The lowest BCUT2D eigenvalue weighted by Gasteiger charge is -2.37. The fourth-order valence-corrected chi connectivity index (χ4v) is 7.13. The fraction of sp³-hybridized carbons (Fsp3) is 0.421. The van der Waals surface area contributed by atoms with Crippen LogP contribution in [0.3, 0.4) is 0 Å². The third kappa shape index (κ3) is 3.98. The van der Waals surface area contributed by atoms with Gasteiger partial charge in [-0.05, 0) is 55.0 Å². The smallest absolute Gasteiger partial charge is 0.306 e. The van der Waals surface area contributed by atoms with Crippen LogP contribution in [0.15, 0.2) is 46.0 Å². The zero-order valence-electron chi connectivity index (χ0n) is 16.4. The minimum Gasteiger partial charge on any atom is -0.383 e. The zero-order valence-corrected chi connectivity index (χ0v) is 18.8. The van der Waals surface area contributed by atoms with Gasteiger partial charge in [0.05, 0.1) is 11.7 Å². The van der Waals surface area contributed by atoms with Crippen LogP contribution in [0.1, 0.15) is 19.3 Å². The van der Waals surface area contributed by atoms with Gasteiger partial charge in [0.25, 0.3) is 10.0 Å². The molecule has 2 aromatic rings. The van der Waals surface area contributed by atoms with Crippen LogP contribution >= 0.6 is 11.3 Å². The number of piperidine rings is 1. The summed E-state index contributed by atoms with van der Waals surface area (Å²) < 4.78 is 54.6. The van der Waals surface area contributed by atoms with Crippen LogP contribution in [0.25, 0.3) is 0 Å². The molecule has 2 fully saturated rings. The van der Waals surface area contributed by atoms with Crippen molar-refractivity contribution in [2.24, 2.45) is 5.41 Å². The van der Waals surface area contributed by atoms with Gasteiger partial charge >= 0.3 is 10.1 Å². The highest BCUT2D eigenvalue weighted by molar-refractivity contribution is 7.91. The van der Waals surface area contributed by atoms with Gasteiger partial charge in [0.15, 0.2) is 0 Å². The summed E-state index contributed by atoms with van der Waals surface area (Å²) in [7, 11) is -7.11. The molecule has 0 aliphatic carbocycles. The van der Waals surface area contributed by atoms with Crippen molar-refractivity contribution in [3.63, 3.8) is 0 Å². The number of sulfonamides is 1. The van der Waals surface area contributed by atoms with Gasteiger partial charge < -0.3 is 9.08 Å². The molecular formula is C19H22N2O6S3. The molecule has 0 N–H and O–H groups in total. The summed E-state index contributed by atoms with van der Waals surface area (Å²) in [6.45, 7) is 1.19. The molecule has 162 valence electrons. The van der Waals surface area contributed by atoms with Crippen molar-refractivity contribution in [1.29, 1.82) is 0 Å². The summed E-state index contributed by atoms with van der Waals surface area (Å²) in [4.78, 5) is 14.9. The van der Waals surface area contributed by atoms with Crippen LogP contribution in [0.5, 0.6) is 5.75 Å². The van der Waals surface area contributed by atoms with E-state index >= 15 is 0 Å². The van der Waals surface area contributed by atoms with Crippen LogP contribution in [-0.4, -0.2) is 52.9 Å². The first-order valence-corrected chi connectivity index (χ1v) is 13.6. The monoisotopic (exact) mass is 470 g/mol. The highest BCUT2D eigenvalue weighted by Gasteiger charge is 2.49. The molecule has 0 bridgehead atoms. The Hall–Kier alpha value is -1.95. The molecule has 0 atom stereocenters. The van der Waals surface area contributed by atoms with Crippen molar-refractivity contribution in [3.8, 4) is 5.75 Å². The molecule has 4 rings (SSSR count). The van der Waals surface area contributed by atoms with E-state index in [4.69, 9.17) is 4.18 Å². The van der Waals surface area contributed by atoms with Gasteiger partial charge in [-0.1, -0.05) is 6.07 Å². The summed E-state index contributed by atoms with van der Waals surface area (Å²) in [6, 6.07) is 9.68. The Morgan fingerprint density at radius 1 is 0.967 bits per heavy atom. The van der Waals surface area contributed by atoms with Crippen molar-refractivity contribution in [2.75, 3.05) is 30.8 Å². The van der Waals surface area contributed by atoms with Gasteiger partial charge in [-0.15, -0.1) is 11.3 Å². The first-order chi connectivity index (χ1) is 14.1. The zero-order chi connectivity index (χ0) is 21.6. The average Bonchev–Trinajstić information content (AvgIpc) is 3.33. The number of hydrogen-bond acceptors (Lipinski definition) is 7. The topological polar surface area (TPSA) is 101 Å². The molecule has 1 aromatic heterocycles. The number of amides is 1. The maximum atomic E-state index is 13.2. The molecule has 30 heavy (non-hydrogen) atoms. The van der Waals surface area contributed by atoms with Crippen molar-refractivity contribution in [1.82, 2.24) is 4.31 Å². The van der Waals surface area contributed by atoms with Gasteiger partial charge in [0, 0.05) is 25.3 Å². The van der Waals surface area contributed by atoms with E-state index in [1.165, 1.54) is 27.8 Å². The first kappa shape index (κ1) is 21.3. The van der Waals surface area contributed by atoms with E-state index in [1.807, 2.05) is 0 Å². The third-order valence-electron chi connectivity index (χ3n) is 5.68. The van der Waals surface area contributed by atoms with Crippen molar-refractivity contribution >= 4 is 43.1 Å². The number of carbonyl (C=O) groups is 1.